The topological polar surface area (TPSA) is 115 Å². The Kier molecular flexibility index (Phi) is 6.78. The molecule has 0 aliphatic carbocycles. The average molecular weight is 499 g/mol. The molecular formula is C25H34N6O3S. The Bertz CT molecular complexity index is 1370. The second-order valence-electron chi connectivity index (χ2n) is 9.77. The Morgan fingerprint density at radius 1 is 1.06 bits per heavy atom. The summed E-state index contributed by atoms with van der Waals surface area (Å²) in [5.74, 6) is 0.361. The highest BCUT2D eigenvalue weighted by Crippen LogP contribution is 2.29. The van der Waals surface area contributed by atoms with Crippen molar-refractivity contribution in [2.24, 2.45) is 0 Å². The van der Waals surface area contributed by atoms with E-state index in [1.54, 1.807) is 22.5 Å². The van der Waals surface area contributed by atoms with E-state index in [0.29, 0.717) is 36.0 Å². The third kappa shape index (κ3) is 4.66. The van der Waals surface area contributed by atoms with Gasteiger partial charge in [-0.05, 0) is 69.8 Å². The minimum absolute atomic E-state index is 0.234. The summed E-state index contributed by atoms with van der Waals surface area (Å²) < 4.78 is 28.7. The summed E-state index contributed by atoms with van der Waals surface area (Å²) in [6, 6.07) is 5.56. The van der Waals surface area contributed by atoms with Gasteiger partial charge in [-0.3, -0.25) is 9.89 Å². The molecule has 0 atom stereocenters. The Hall–Kier alpha value is -2.56. The Balaban J connectivity index is 1.42. The highest BCUT2D eigenvalue weighted by atomic mass is 32.2. The maximum atomic E-state index is 13.5. The lowest BCUT2D eigenvalue weighted by Crippen LogP contribution is -2.48. The van der Waals surface area contributed by atoms with E-state index in [4.69, 9.17) is 0 Å². The van der Waals surface area contributed by atoms with Crippen LogP contribution in [-0.2, 0) is 16.4 Å². The molecule has 2 aliphatic heterocycles. The van der Waals surface area contributed by atoms with Crippen LogP contribution in [0, 0.1) is 6.92 Å². The molecule has 2 fully saturated rings. The van der Waals surface area contributed by atoms with Crippen LogP contribution < -0.4 is 5.56 Å². The van der Waals surface area contributed by atoms with Crippen LogP contribution in [0.2, 0.25) is 0 Å². The van der Waals surface area contributed by atoms with Crippen molar-refractivity contribution in [3.63, 3.8) is 0 Å². The first-order valence-corrected chi connectivity index (χ1v) is 14.1. The zero-order valence-electron chi connectivity index (χ0n) is 20.5. The highest BCUT2D eigenvalue weighted by molar-refractivity contribution is 7.89. The molecule has 188 valence electrons. The number of piperidine rings is 2. The molecule has 35 heavy (non-hydrogen) atoms. The number of sulfonamides is 1. The molecule has 0 amide bonds. The third-order valence-corrected chi connectivity index (χ3v) is 9.31. The van der Waals surface area contributed by atoms with Crippen LogP contribution in [0.1, 0.15) is 56.7 Å². The Morgan fingerprint density at radius 3 is 2.51 bits per heavy atom. The van der Waals surface area contributed by atoms with Crippen molar-refractivity contribution in [2.75, 3.05) is 26.2 Å². The van der Waals surface area contributed by atoms with E-state index >= 15 is 0 Å². The molecule has 2 N–H and O–H groups in total. The van der Waals surface area contributed by atoms with Crippen LogP contribution in [0.5, 0.6) is 0 Å². The fourth-order valence-electron chi connectivity index (χ4n) is 5.41. The highest BCUT2D eigenvalue weighted by Gasteiger charge is 2.32. The first-order valence-electron chi connectivity index (χ1n) is 12.7. The fourth-order valence-corrected chi connectivity index (χ4v) is 6.90. The van der Waals surface area contributed by atoms with Crippen molar-refractivity contribution in [1.29, 1.82) is 0 Å². The number of hydrogen-bond acceptors (Lipinski definition) is 6. The van der Waals surface area contributed by atoms with Gasteiger partial charge in [0.2, 0.25) is 10.0 Å². The van der Waals surface area contributed by atoms with Crippen molar-refractivity contribution in [2.45, 2.75) is 69.7 Å². The lowest BCUT2D eigenvalue weighted by Gasteiger charge is -2.39. The first kappa shape index (κ1) is 24.1. The maximum absolute atomic E-state index is 13.5. The molecule has 10 heteroatoms. The summed E-state index contributed by atoms with van der Waals surface area (Å²) in [4.78, 5) is 22.9. The van der Waals surface area contributed by atoms with E-state index in [-0.39, 0.29) is 16.0 Å². The summed E-state index contributed by atoms with van der Waals surface area (Å²) >= 11 is 0. The maximum Gasteiger partial charge on any atom is 0.279 e. The molecule has 5 rings (SSSR count). The number of nitrogens with zero attached hydrogens (tertiary/aromatic N) is 4. The van der Waals surface area contributed by atoms with Crippen LogP contribution in [0.25, 0.3) is 22.4 Å². The molecule has 2 aliphatic rings. The second-order valence-corrected chi connectivity index (χ2v) is 11.7. The van der Waals surface area contributed by atoms with Gasteiger partial charge in [0, 0.05) is 24.7 Å². The molecule has 1 aromatic carbocycles. The smallest absolute Gasteiger partial charge is 0.279 e. The van der Waals surface area contributed by atoms with E-state index in [2.05, 4.69) is 32.0 Å². The number of aromatic amines is 2. The van der Waals surface area contributed by atoms with Crippen LogP contribution >= 0.6 is 0 Å². The molecule has 0 unspecified atom stereocenters. The van der Waals surface area contributed by atoms with E-state index in [1.165, 1.54) is 19.3 Å². The molecule has 0 spiro atoms. The van der Waals surface area contributed by atoms with E-state index in [9.17, 15) is 13.2 Å². The van der Waals surface area contributed by atoms with Crippen molar-refractivity contribution in [1.82, 2.24) is 29.4 Å². The van der Waals surface area contributed by atoms with E-state index in [1.807, 2.05) is 6.92 Å². The minimum atomic E-state index is -3.65. The fraction of sp³-hybridized carbons (Fsp3) is 0.560. The van der Waals surface area contributed by atoms with Gasteiger partial charge in [0.25, 0.3) is 5.56 Å². The van der Waals surface area contributed by atoms with Crippen LogP contribution in [0.15, 0.2) is 27.9 Å². The number of likely N-dealkylation sites (tertiary alicyclic amines) is 1. The van der Waals surface area contributed by atoms with Gasteiger partial charge in [-0.15, -0.1) is 0 Å². The number of aromatic nitrogens is 4. The molecule has 3 aromatic rings. The summed E-state index contributed by atoms with van der Waals surface area (Å²) in [6.07, 6.45) is 7.13. The molecule has 9 nitrogen and oxygen atoms in total. The molecule has 0 radical (unpaired) electrons. The number of nitrogens with one attached hydrogen (secondary N) is 2. The third-order valence-electron chi connectivity index (χ3n) is 7.42. The number of fused-ring (bicyclic) bond motifs is 1. The molecule has 2 saturated heterocycles. The Morgan fingerprint density at radius 2 is 1.80 bits per heavy atom. The van der Waals surface area contributed by atoms with Crippen LogP contribution in [-0.4, -0.2) is 70.0 Å². The predicted molar refractivity (Wildman–Crippen MR) is 136 cm³/mol. The van der Waals surface area contributed by atoms with Crippen molar-refractivity contribution in [3.8, 4) is 11.4 Å². The molecule has 0 bridgehead atoms. The van der Waals surface area contributed by atoms with Crippen LogP contribution in [0.4, 0.5) is 0 Å². The lowest BCUT2D eigenvalue weighted by atomic mass is 10.0. The van der Waals surface area contributed by atoms with Gasteiger partial charge in [-0.1, -0.05) is 25.8 Å². The molecule has 4 heterocycles. The zero-order chi connectivity index (χ0) is 24.6. The van der Waals surface area contributed by atoms with Gasteiger partial charge in [-0.2, -0.15) is 9.40 Å². The minimum Gasteiger partial charge on any atom is -0.305 e. The molecular weight excluding hydrogens is 464 g/mol. The van der Waals surface area contributed by atoms with Gasteiger partial charge in [-0.25, -0.2) is 13.4 Å². The number of H-pyrrole nitrogens is 2. The molecule has 0 saturated carbocycles. The standard InChI is InChI=1S/C25H34N6O3S/c1-3-7-21-22-23(29-28-21)25(32)27-24(26-22)20-16-19(9-8-17(20)2)35(33,34)31-14-10-18(11-15-31)30-12-5-4-6-13-30/h8-9,16,18H,3-7,10-15H2,1-2H3,(H,28,29)(H,26,27,32). The number of hydrogen-bond donors (Lipinski definition) is 2. The lowest BCUT2D eigenvalue weighted by molar-refractivity contribution is 0.118. The van der Waals surface area contributed by atoms with E-state index in [0.717, 1.165) is 50.0 Å². The van der Waals surface area contributed by atoms with Gasteiger partial charge in [0.05, 0.1) is 10.6 Å². The summed E-state index contributed by atoms with van der Waals surface area (Å²) in [5.41, 5.74) is 2.74. The van der Waals surface area contributed by atoms with Gasteiger partial charge in [0.15, 0.2) is 5.52 Å². The largest absolute Gasteiger partial charge is 0.305 e. The number of benzene rings is 1. The van der Waals surface area contributed by atoms with Gasteiger partial charge in [0.1, 0.15) is 11.3 Å². The second kappa shape index (κ2) is 9.83. The summed E-state index contributed by atoms with van der Waals surface area (Å²) in [6.45, 7) is 7.26. The predicted octanol–water partition coefficient (Wildman–Crippen LogP) is 3.21. The van der Waals surface area contributed by atoms with Crippen molar-refractivity contribution < 1.29 is 8.42 Å². The normalized spacial score (nSPS) is 18.9. The first-order chi connectivity index (χ1) is 16.9. The quantitative estimate of drug-likeness (QED) is 0.539. The van der Waals surface area contributed by atoms with Crippen molar-refractivity contribution in [3.05, 3.63) is 39.8 Å². The SMILES string of the molecule is CCCc1[nH]nc2c(=O)[nH]c(-c3cc(S(=O)(=O)N4CCC(N5CCCCC5)CC4)ccc3C)nc12. The number of rotatable bonds is 6. The van der Waals surface area contributed by atoms with Gasteiger partial charge >= 0.3 is 0 Å². The van der Waals surface area contributed by atoms with Crippen LogP contribution in [0.3, 0.4) is 0 Å². The molecule has 2 aromatic heterocycles. The Labute approximate surface area is 206 Å². The number of aryl methyl sites for hydroxylation is 2. The summed E-state index contributed by atoms with van der Waals surface area (Å²) in [5, 5.41) is 7.03. The van der Waals surface area contributed by atoms with E-state index < -0.39 is 10.0 Å². The van der Waals surface area contributed by atoms with Crippen molar-refractivity contribution >= 4 is 21.1 Å². The monoisotopic (exact) mass is 498 g/mol. The van der Waals surface area contributed by atoms with Gasteiger partial charge < -0.3 is 9.88 Å². The average Bonchev–Trinajstić information content (AvgIpc) is 3.28. The summed E-state index contributed by atoms with van der Waals surface area (Å²) in [7, 11) is -3.65. The zero-order valence-corrected chi connectivity index (χ0v) is 21.3.